The molecule has 0 aliphatic heterocycles. The van der Waals surface area contributed by atoms with Crippen LogP contribution in [-0.2, 0) is 4.74 Å². The summed E-state index contributed by atoms with van der Waals surface area (Å²) in [7, 11) is 0. The third-order valence-corrected chi connectivity index (χ3v) is 2.26. The molecule has 1 aromatic heterocycles. The predicted molar refractivity (Wildman–Crippen MR) is 65.8 cm³/mol. The van der Waals surface area contributed by atoms with Crippen LogP contribution < -0.4 is 0 Å². The van der Waals surface area contributed by atoms with E-state index in [4.69, 9.17) is 9.26 Å². The normalized spacial score (nSPS) is 11.5. The number of rotatable bonds is 2. The molecule has 0 amide bonds. The molecule has 1 heterocycles. The number of ether oxygens (including phenoxy) is 1. The molecule has 0 atom stereocenters. The summed E-state index contributed by atoms with van der Waals surface area (Å²) in [6.45, 7) is 5.20. The number of aromatic nitrogens is 1. The minimum absolute atomic E-state index is 0.0137. The van der Waals surface area contributed by atoms with E-state index >= 15 is 0 Å². The van der Waals surface area contributed by atoms with Crippen LogP contribution in [0.4, 0.5) is 5.69 Å². The summed E-state index contributed by atoms with van der Waals surface area (Å²) in [5.41, 5.74) is -0.586. The van der Waals surface area contributed by atoms with Crippen LogP contribution in [0.1, 0.15) is 31.3 Å². The van der Waals surface area contributed by atoms with Crippen LogP contribution in [0, 0.1) is 10.1 Å². The van der Waals surface area contributed by atoms with Crippen LogP contribution in [0.2, 0.25) is 0 Å². The highest BCUT2D eigenvalue weighted by molar-refractivity contribution is 6.01. The first kappa shape index (κ1) is 13.0. The molecule has 0 aliphatic carbocycles. The third-order valence-electron chi connectivity index (χ3n) is 2.26. The van der Waals surface area contributed by atoms with Gasteiger partial charge in [-0.05, 0) is 26.8 Å². The number of nitro benzene ring substituents is 1. The second-order valence-electron chi connectivity index (χ2n) is 4.97. The number of carbonyl (C=O) groups is 1. The van der Waals surface area contributed by atoms with Gasteiger partial charge in [-0.25, -0.2) is 4.79 Å². The Balaban J connectivity index is 2.41. The van der Waals surface area contributed by atoms with Crippen LogP contribution >= 0.6 is 0 Å². The number of non-ortho nitro benzene ring substituents is 1. The van der Waals surface area contributed by atoms with Crippen molar-refractivity contribution in [3.63, 3.8) is 0 Å². The summed E-state index contributed by atoms with van der Waals surface area (Å²) in [5, 5.41) is 14.6. The fourth-order valence-corrected chi connectivity index (χ4v) is 1.51. The van der Waals surface area contributed by atoms with Crippen molar-refractivity contribution in [3.8, 4) is 0 Å². The number of fused-ring (bicyclic) bond motifs is 1. The molecule has 0 aliphatic rings. The Morgan fingerprint density at radius 1 is 1.42 bits per heavy atom. The highest BCUT2D eigenvalue weighted by atomic mass is 16.6. The molecule has 2 aromatic rings. The van der Waals surface area contributed by atoms with Crippen LogP contribution in [0.5, 0.6) is 0 Å². The molecule has 7 heteroatoms. The van der Waals surface area contributed by atoms with Crippen LogP contribution in [0.25, 0.3) is 11.0 Å². The molecule has 0 spiro atoms. The maximum Gasteiger partial charge on any atom is 0.361 e. The Morgan fingerprint density at radius 3 is 2.68 bits per heavy atom. The average Bonchev–Trinajstić information content (AvgIpc) is 2.68. The van der Waals surface area contributed by atoms with Gasteiger partial charge in [0.05, 0.1) is 16.4 Å². The Hall–Kier alpha value is -2.44. The summed E-state index contributed by atoms with van der Waals surface area (Å²) >= 11 is 0. The van der Waals surface area contributed by atoms with Gasteiger partial charge in [-0.15, -0.1) is 0 Å². The molecule has 1 aromatic carbocycles. The molecule has 19 heavy (non-hydrogen) atoms. The number of carbonyl (C=O) groups excluding carboxylic acids is 1. The van der Waals surface area contributed by atoms with Gasteiger partial charge in [-0.2, -0.15) is 0 Å². The first-order valence-electron chi connectivity index (χ1n) is 5.55. The Morgan fingerprint density at radius 2 is 2.11 bits per heavy atom. The van der Waals surface area contributed by atoms with Crippen LogP contribution in [0.3, 0.4) is 0 Å². The summed E-state index contributed by atoms with van der Waals surface area (Å²) in [5.74, 6) is -0.625. The lowest BCUT2D eigenvalue weighted by Gasteiger charge is -2.18. The van der Waals surface area contributed by atoms with E-state index in [2.05, 4.69) is 5.16 Å². The molecule has 0 unspecified atom stereocenters. The van der Waals surface area contributed by atoms with E-state index in [1.165, 1.54) is 18.2 Å². The molecule has 0 radical (unpaired) electrons. The van der Waals surface area contributed by atoms with Gasteiger partial charge >= 0.3 is 5.97 Å². The van der Waals surface area contributed by atoms with Crippen LogP contribution in [-0.4, -0.2) is 21.7 Å². The first-order chi connectivity index (χ1) is 8.78. The van der Waals surface area contributed by atoms with Crippen molar-refractivity contribution in [2.45, 2.75) is 26.4 Å². The Kier molecular flexibility index (Phi) is 2.97. The van der Waals surface area contributed by atoms with Gasteiger partial charge in [-0.3, -0.25) is 10.1 Å². The van der Waals surface area contributed by atoms with Crippen molar-refractivity contribution in [1.82, 2.24) is 5.16 Å². The molecular weight excluding hydrogens is 252 g/mol. The van der Waals surface area contributed by atoms with E-state index in [1.807, 2.05) is 0 Å². The monoisotopic (exact) mass is 264 g/mol. The largest absolute Gasteiger partial charge is 0.455 e. The Labute approximate surface area is 108 Å². The van der Waals surface area contributed by atoms with Crippen molar-refractivity contribution < 1.29 is 19.0 Å². The quantitative estimate of drug-likeness (QED) is 0.470. The number of benzene rings is 1. The van der Waals surface area contributed by atoms with Crippen molar-refractivity contribution in [2.24, 2.45) is 0 Å². The Bertz CT molecular complexity index is 654. The van der Waals surface area contributed by atoms with Gasteiger partial charge in [-0.1, -0.05) is 5.16 Å². The average molecular weight is 264 g/mol. The summed E-state index contributed by atoms with van der Waals surface area (Å²) in [4.78, 5) is 22.0. The smallest absolute Gasteiger partial charge is 0.361 e. The van der Waals surface area contributed by atoms with Crippen molar-refractivity contribution in [3.05, 3.63) is 34.0 Å². The minimum atomic E-state index is -0.650. The number of nitro groups is 1. The molecule has 0 saturated heterocycles. The standard InChI is InChI=1S/C12H12N2O5/c1-12(2,3)18-11(15)10-8-5-4-7(14(16)17)6-9(8)19-13-10/h4-6H,1-3H3. The van der Waals surface area contributed by atoms with Gasteiger partial charge in [0.2, 0.25) is 0 Å². The zero-order valence-corrected chi connectivity index (χ0v) is 10.7. The van der Waals surface area contributed by atoms with Crippen molar-refractivity contribution in [1.29, 1.82) is 0 Å². The maximum absolute atomic E-state index is 11.9. The van der Waals surface area contributed by atoms with E-state index in [9.17, 15) is 14.9 Å². The minimum Gasteiger partial charge on any atom is -0.455 e. The second-order valence-corrected chi connectivity index (χ2v) is 4.97. The molecule has 2 rings (SSSR count). The highest BCUT2D eigenvalue weighted by Crippen LogP contribution is 2.25. The summed E-state index contributed by atoms with van der Waals surface area (Å²) in [6, 6.07) is 3.92. The van der Waals surface area contributed by atoms with Crippen molar-refractivity contribution >= 4 is 22.6 Å². The molecule has 100 valence electrons. The fourth-order valence-electron chi connectivity index (χ4n) is 1.51. The fraction of sp³-hybridized carbons (Fsp3) is 0.333. The lowest BCUT2D eigenvalue weighted by molar-refractivity contribution is -0.384. The zero-order chi connectivity index (χ0) is 14.2. The second kappa shape index (κ2) is 4.34. The van der Waals surface area contributed by atoms with Gasteiger partial charge < -0.3 is 9.26 Å². The highest BCUT2D eigenvalue weighted by Gasteiger charge is 2.24. The molecule has 0 N–H and O–H groups in total. The summed E-state index contributed by atoms with van der Waals surface area (Å²) < 4.78 is 10.1. The van der Waals surface area contributed by atoms with E-state index in [1.54, 1.807) is 20.8 Å². The molecule has 0 bridgehead atoms. The molecule has 0 fully saturated rings. The van der Waals surface area contributed by atoms with Gasteiger partial charge in [0.15, 0.2) is 11.3 Å². The number of hydrogen-bond donors (Lipinski definition) is 0. The van der Waals surface area contributed by atoms with E-state index in [0.717, 1.165) is 0 Å². The van der Waals surface area contributed by atoms with Gasteiger partial charge in [0.25, 0.3) is 5.69 Å². The number of esters is 1. The number of nitrogens with zero attached hydrogens (tertiary/aromatic N) is 2. The van der Waals surface area contributed by atoms with E-state index in [-0.39, 0.29) is 17.0 Å². The molecule has 7 nitrogen and oxygen atoms in total. The molecular formula is C12H12N2O5. The lowest BCUT2D eigenvalue weighted by Crippen LogP contribution is -2.24. The third kappa shape index (κ3) is 2.70. The lowest BCUT2D eigenvalue weighted by atomic mass is 10.1. The maximum atomic E-state index is 11.9. The van der Waals surface area contributed by atoms with Crippen molar-refractivity contribution in [2.75, 3.05) is 0 Å². The van der Waals surface area contributed by atoms with Gasteiger partial charge in [0.1, 0.15) is 5.60 Å². The predicted octanol–water partition coefficient (Wildman–Crippen LogP) is 2.69. The first-order valence-corrected chi connectivity index (χ1v) is 5.55. The topological polar surface area (TPSA) is 95.5 Å². The number of hydrogen-bond acceptors (Lipinski definition) is 6. The van der Waals surface area contributed by atoms with E-state index < -0.39 is 16.5 Å². The van der Waals surface area contributed by atoms with E-state index in [0.29, 0.717) is 5.39 Å². The van der Waals surface area contributed by atoms with Crippen LogP contribution in [0.15, 0.2) is 22.7 Å². The van der Waals surface area contributed by atoms with Gasteiger partial charge in [0, 0.05) is 6.07 Å². The zero-order valence-electron chi connectivity index (χ0n) is 10.7. The molecule has 0 saturated carbocycles. The summed E-state index contributed by atoms with van der Waals surface area (Å²) in [6.07, 6.45) is 0. The SMILES string of the molecule is CC(C)(C)OC(=O)c1noc2cc([N+](=O)[O-])ccc12.